The summed E-state index contributed by atoms with van der Waals surface area (Å²) in [7, 11) is 1.72. The van der Waals surface area contributed by atoms with E-state index in [4.69, 9.17) is 10.5 Å². The minimum absolute atomic E-state index is 0.0652. The zero-order valence-corrected chi connectivity index (χ0v) is 13.1. The maximum absolute atomic E-state index is 11.8. The fraction of sp³-hybridized carbons (Fsp3) is 0.533. The number of methoxy groups -OCH3 is 1. The highest BCUT2D eigenvalue weighted by atomic mass is 32.2. The van der Waals surface area contributed by atoms with E-state index >= 15 is 0 Å². The molecule has 0 unspecified atom stereocenters. The van der Waals surface area contributed by atoms with Gasteiger partial charge >= 0.3 is 0 Å². The number of nitrogen functional groups attached to an aromatic ring is 1. The first-order chi connectivity index (χ1) is 9.63. The number of anilines is 2. The Hall–Kier alpha value is -1.20. The van der Waals surface area contributed by atoms with Crippen LogP contribution in [0.4, 0.5) is 11.4 Å². The van der Waals surface area contributed by atoms with Gasteiger partial charge in [0, 0.05) is 31.5 Å². The normalized spacial score (nSPS) is 10.5. The fourth-order valence-corrected chi connectivity index (χ4v) is 2.66. The van der Waals surface area contributed by atoms with Crippen molar-refractivity contribution in [3.8, 4) is 0 Å². The third-order valence-electron chi connectivity index (χ3n) is 2.85. The molecule has 0 fully saturated rings. The van der Waals surface area contributed by atoms with Crippen LogP contribution in [-0.2, 0) is 9.53 Å². The summed E-state index contributed by atoms with van der Waals surface area (Å²) in [6.45, 7) is 2.75. The van der Waals surface area contributed by atoms with E-state index in [-0.39, 0.29) is 5.91 Å². The largest absolute Gasteiger partial charge is 0.399 e. The lowest BCUT2D eigenvalue weighted by Gasteiger charge is -2.09. The second-order valence-electron chi connectivity index (χ2n) is 4.68. The Labute approximate surface area is 125 Å². The van der Waals surface area contributed by atoms with Gasteiger partial charge in [-0.15, -0.1) is 0 Å². The van der Waals surface area contributed by atoms with E-state index in [1.807, 2.05) is 30.8 Å². The molecule has 112 valence electrons. The number of carbonyl (C=O) groups excluding carboxylic acids is 1. The molecule has 0 aromatic heterocycles. The van der Waals surface area contributed by atoms with Crippen molar-refractivity contribution in [3.63, 3.8) is 0 Å². The van der Waals surface area contributed by atoms with E-state index < -0.39 is 0 Å². The van der Waals surface area contributed by atoms with Crippen LogP contribution < -0.4 is 11.1 Å². The molecule has 0 radical (unpaired) electrons. The summed E-state index contributed by atoms with van der Waals surface area (Å²) < 4.78 is 4.99. The second kappa shape index (κ2) is 9.66. The minimum Gasteiger partial charge on any atom is -0.399 e. The maximum Gasteiger partial charge on any atom is 0.224 e. The predicted octanol–water partition coefficient (Wildman–Crippen LogP) is 3.07. The molecule has 4 nitrogen and oxygen atoms in total. The summed E-state index contributed by atoms with van der Waals surface area (Å²) in [6, 6.07) is 5.51. The molecule has 1 aromatic carbocycles. The number of benzene rings is 1. The smallest absolute Gasteiger partial charge is 0.224 e. The zero-order valence-electron chi connectivity index (χ0n) is 12.3. The van der Waals surface area contributed by atoms with Gasteiger partial charge < -0.3 is 15.8 Å². The van der Waals surface area contributed by atoms with Crippen LogP contribution >= 0.6 is 11.8 Å². The van der Waals surface area contributed by atoms with Gasteiger partial charge in [0.25, 0.3) is 0 Å². The maximum atomic E-state index is 11.8. The molecule has 0 atom stereocenters. The van der Waals surface area contributed by atoms with Crippen molar-refractivity contribution in [1.29, 1.82) is 0 Å². The van der Waals surface area contributed by atoms with Crippen LogP contribution in [0.2, 0.25) is 0 Å². The Kier molecular flexibility index (Phi) is 8.14. The molecule has 1 aromatic rings. The average Bonchev–Trinajstić information content (AvgIpc) is 2.41. The van der Waals surface area contributed by atoms with Gasteiger partial charge in [0.05, 0.1) is 0 Å². The number of aryl methyl sites for hydroxylation is 1. The van der Waals surface area contributed by atoms with Crippen LogP contribution in [0.3, 0.4) is 0 Å². The minimum atomic E-state index is 0.0652. The van der Waals surface area contributed by atoms with Crippen LogP contribution in [0, 0.1) is 6.92 Å². The fourth-order valence-electron chi connectivity index (χ4n) is 1.78. The molecule has 3 N–H and O–H groups in total. The molecule has 5 heteroatoms. The van der Waals surface area contributed by atoms with Crippen molar-refractivity contribution < 1.29 is 9.53 Å². The molecule has 0 aliphatic heterocycles. The predicted molar refractivity (Wildman–Crippen MR) is 87.3 cm³/mol. The zero-order chi connectivity index (χ0) is 14.8. The van der Waals surface area contributed by atoms with E-state index in [0.29, 0.717) is 12.1 Å². The van der Waals surface area contributed by atoms with Crippen molar-refractivity contribution >= 4 is 29.0 Å². The standard InChI is InChI=1S/C15H24N2O2S/c1-12-11-13(16)6-7-14(12)17-15(18)5-3-9-20-10-4-8-19-2/h6-7,11H,3-5,8-10,16H2,1-2H3,(H,17,18). The number of hydrogen-bond donors (Lipinski definition) is 2. The lowest BCUT2D eigenvalue weighted by atomic mass is 10.1. The highest BCUT2D eigenvalue weighted by Crippen LogP contribution is 2.18. The lowest BCUT2D eigenvalue weighted by Crippen LogP contribution is -2.12. The summed E-state index contributed by atoms with van der Waals surface area (Å²) in [5, 5.41) is 2.92. The molecule has 0 aliphatic carbocycles. The van der Waals surface area contributed by atoms with Crippen LogP contribution in [0.25, 0.3) is 0 Å². The first-order valence-corrected chi connectivity index (χ1v) is 8.01. The van der Waals surface area contributed by atoms with Crippen molar-refractivity contribution in [2.75, 3.05) is 36.3 Å². The van der Waals surface area contributed by atoms with Crippen LogP contribution in [0.1, 0.15) is 24.8 Å². The molecule has 0 saturated heterocycles. The Morgan fingerprint density at radius 3 is 2.80 bits per heavy atom. The molecule has 20 heavy (non-hydrogen) atoms. The molecular weight excluding hydrogens is 272 g/mol. The number of nitrogens with two attached hydrogens (primary N) is 1. The Bertz CT molecular complexity index is 424. The quantitative estimate of drug-likeness (QED) is 0.543. The van der Waals surface area contributed by atoms with Crippen LogP contribution in [0.15, 0.2) is 18.2 Å². The lowest BCUT2D eigenvalue weighted by molar-refractivity contribution is -0.116. The first kappa shape index (κ1) is 16.9. The topological polar surface area (TPSA) is 64.3 Å². The number of hydrogen-bond acceptors (Lipinski definition) is 4. The summed E-state index contributed by atoms with van der Waals surface area (Å²) in [5.74, 6) is 2.17. The van der Waals surface area contributed by atoms with E-state index in [1.54, 1.807) is 13.2 Å². The highest BCUT2D eigenvalue weighted by molar-refractivity contribution is 7.99. The molecule has 1 rings (SSSR count). The summed E-state index contributed by atoms with van der Waals surface area (Å²) in [5.41, 5.74) is 8.24. The van der Waals surface area contributed by atoms with Crippen molar-refractivity contribution in [2.24, 2.45) is 0 Å². The van der Waals surface area contributed by atoms with Gasteiger partial charge in [-0.1, -0.05) is 0 Å². The van der Waals surface area contributed by atoms with E-state index in [1.165, 1.54) is 0 Å². The molecule has 0 saturated carbocycles. The molecular formula is C15H24N2O2S. The number of ether oxygens (including phenoxy) is 1. The van der Waals surface area contributed by atoms with Gasteiger partial charge in [0.1, 0.15) is 0 Å². The third kappa shape index (κ3) is 6.82. The van der Waals surface area contributed by atoms with Crippen LogP contribution in [-0.4, -0.2) is 31.1 Å². The second-order valence-corrected chi connectivity index (χ2v) is 5.91. The average molecular weight is 296 g/mol. The van der Waals surface area contributed by atoms with E-state index in [0.717, 1.165) is 42.2 Å². The Morgan fingerprint density at radius 1 is 1.35 bits per heavy atom. The van der Waals surface area contributed by atoms with Gasteiger partial charge in [-0.05, 0) is 55.0 Å². The molecule has 0 aliphatic rings. The molecule has 0 bridgehead atoms. The number of carbonyl (C=O) groups is 1. The van der Waals surface area contributed by atoms with Gasteiger partial charge in [-0.25, -0.2) is 0 Å². The van der Waals surface area contributed by atoms with Crippen LogP contribution in [0.5, 0.6) is 0 Å². The Balaban J connectivity index is 2.17. The van der Waals surface area contributed by atoms with Gasteiger partial charge in [-0.2, -0.15) is 11.8 Å². The monoisotopic (exact) mass is 296 g/mol. The summed E-state index contributed by atoms with van der Waals surface area (Å²) in [6.07, 6.45) is 2.52. The summed E-state index contributed by atoms with van der Waals surface area (Å²) >= 11 is 1.87. The molecule has 0 spiro atoms. The number of nitrogens with one attached hydrogen (secondary N) is 1. The molecule has 1 amide bonds. The summed E-state index contributed by atoms with van der Waals surface area (Å²) in [4.78, 5) is 11.8. The number of rotatable bonds is 9. The van der Waals surface area contributed by atoms with Gasteiger partial charge in [0.15, 0.2) is 0 Å². The number of amides is 1. The first-order valence-electron chi connectivity index (χ1n) is 6.86. The SMILES string of the molecule is COCCCSCCCC(=O)Nc1ccc(N)cc1C. The van der Waals surface area contributed by atoms with Gasteiger partial charge in [-0.3, -0.25) is 4.79 Å². The van der Waals surface area contributed by atoms with Crippen molar-refractivity contribution in [2.45, 2.75) is 26.2 Å². The third-order valence-corrected chi connectivity index (χ3v) is 4.01. The van der Waals surface area contributed by atoms with E-state index in [2.05, 4.69) is 5.32 Å². The van der Waals surface area contributed by atoms with E-state index in [9.17, 15) is 4.79 Å². The number of thioether (sulfide) groups is 1. The Morgan fingerprint density at radius 2 is 2.10 bits per heavy atom. The van der Waals surface area contributed by atoms with Crippen molar-refractivity contribution in [3.05, 3.63) is 23.8 Å². The molecule has 0 heterocycles. The van der Waals surface area contributed by atoms with Crippen molar-refractivity contribution in [1.82, 2.24) is 0 Å². The van der Waals surface area contributed by atoms with Gasteiger partial charge in [0.2, 0.25) is 5.91 Å². The highest BCUT2D eigenvalue weighted by Gasteiger charge is 2.04.